The second kappa shape index (κ2) is 9.10. The highest BCUT2D eigenvalue weighted by atomic mass is 32.1. The number of aromatic amines is 1. The van der Waals surface area contributed by atoms with Crippen LogP contribution in [0.3, 0.4) is 0 Å². The van der Waals surface area contributed by atoms with Crippen LogP contribution in [-0.2, 0) is 22.6 Å². The van der Waals surface area contributed by atoms with Gasteiger partial charge in [0.2, 0.25) is 11.8 Å². The molecule has 0 atom stereocenters. The predicted octanol–water partition coefficient (Wildman–Crippen LogP) is 2.78. The van der Waals surface area contributed by atoms with Crippen LogP contribution in [-0.4, -0.2) is 26.8 Å². The molecule has 0 radical (unpaired) electrons. The number of rotatable bonds is 7. The monoisotopic (exact) mass is 431 g/mol. The number of H-pyrrole nitrogens is 1. The van der Waals surface area contributed by atoms with Crippen molar-refractivity contribution in [2.24, 2.45) is 0 Å². The summed E-state index contributed by atoms with van der Waals surface area (Å²) in [6.07, 6.45) is 0.486. The third-order valence-corrected chi connectivity index (χ3v) is 5.98. The van der Waals surface area contributed by atoms with E-state index in [4.69, 9.17) is 0 Å². The lowest BCUT2D eigenvalue weighted by atomic mass is 10.1. The van der Waals surface area contributed by atoms with Gasteiger partial charge in [0, 0.05) is 34.9 Å². The first-order valence-electron chi connectivity index (χ1n) is 8.97. The molecule has 3 aromatic heterocycles. The number of aryl methyl sites for hydroxylation is 2. The number of hydrogen-bond donors (Lipinski definition) is 3. The van der Waals surface area contributed by atoms with E-state index in [0.29, 0.717) is 35.2 Å². The van der Waals surface area contributed by atoms with Gasteiger partial charge < -0.3 is 15.6 Å². The lowest BCUT2D eigenvalue weighted by molar-refractivity contribution is -0.119. The Morgan fingerprint density at radius 1 is 1.21 bits per heavy atom. The maximum Gasteiger partial charge on any atom is 0.254 e. The molecule has 3 heterocycles. The maximum atomic E-state index is 12.3. The molecule has 0 fully saturated rings. The van der Waals surface area contributed by atoms with E-state index in [1.165, 1.54) is 18.3 Å². The fraction of sp³-hybridized carbons (Fsp3) is 0.316. The van der Waals surface area contributed by atoms with Crippen molar-refractivity contribution in [1.29, 1.82) is 0 Å². The Balaban J connectivity index is 1.58. The second-order valence-electron chi connectivity index (χ2n) is 6.48. The number of amides is 2. The molecule has 2 amide bonds. The molecule has 0 aliphatic rings. The number of hydrogen-bond acceptors (Lipinski definition) is 7. The molecule has 10 heteroatoms. The van der Waals surface area contributed by atoms with E-state index in [-0.39, 0.29) is 23.8 Å². The van der Waals surface area contributed by atoms with E-state index in [9.17, 15) is 14.4 Å². The van der Waals surface area contributed by atoms with Gasteiger partial charge >= 0.3 is 0 Å². The van der Waals surface area contributed by atoms with Gasteiger partial charge in [-0.15, -0.1) is 22.7 Å². The summed E-state index contributed by atoms with van der Waals surface area (Å²) in [5.74, 6) is 0.282. The van der Waals surface area contributed by atoms with Crippen LogP contribution in [0.5, 0.6) is 0 Å². The number of nitrogens with one attached hydrogen (secondary N) is 3. The van der Waals surface area contributed by atoms with Crippen LogP contribution in [0, 0.1) is 13.8 Å². The van der Waals surface area contributed by atoms with Gasteiger partial charge in [0.25, 0.3) is 5.56 Å². The number of thiazole rings is 1. The summed E-state index contributed by atoms with van der Waals surface area (Å²) in [7, 11) is 0. The topological polar surface area (TPSA) is 117 Å². The van der Waals surface area contributed by atoms with Crippen molar-refractivity contribution < 1.29 is 9.59 Å². The predicted molar refractivity (Wildman–Crippen MR) is 114 cm³/mol. The van der Waals surface area contributed by atoms with Crippen LogP contribution in [0.1, 0.15) is 35.3 Å². The molecule has 0 unspecified atom stereocenters. The fourth-order valence-electron chi connectivity index (χ4n) is 2.73. The number of nitrogens with zero attached hydrogens (tertiary/aromatic N) is 2. The lowest BCUT2D eigenvalue weighted by Gasteiger charge is -2.05. The summed E-state index contributed by atoms with van der Waals surface area (Å²) in [5.41, 5.74) is 1.74. The van der Waals surface area contributed by atoms with Crippen LogP contribution in [0.25, 0.3) is 10.6 Å². The van der Waals surface area contributed by atoms with Crippen LogP contribution in [0.15, 0.2) is 22.3 Å². The molecule has 3 rings (SSSR count). The largest absolute Gasteiger partial charge is 0.351 e. The van der Waals surface area contributed by atoms with E-state index < -0.39 is 0 Å². The van der Waals surface area contributed by atoms with Crippen molar-refractivity contribution in [2.45, 2.75) is 40.2 Å². The summed E-state index contributed by atoms with van der Waals surface area (Å²) in [5, 5.41) is 7.93. The summed E-state index contributed by atoms with van der Waals surface area (Å²) in [6, 6.07) is 3.89. The maximum absolute atomic E-state index is 12.3. The van der Waals surface area contributed by atoms with Crippen molar-refractivity contribution in [3.63, 3.8) is 0 Å². The van der Waals surface area contributed by atoms with Gasteiger partial charge in [-0.2, -0.15) is 0 Å². The van der Waals surface area contributed by atoms with E-state index >= 15 is 0 Å². The minimum absolute atomic E-state index is 0.0720. The first-order valence-corrected chi connectivity index (χ1v) is 10.7. The fourth-order valence-corrected chi connectivity index (χ4v) is 4.44. The molecule has 29 heavy (non-hydrogen) atoms. The highest BCUT2D eigenvalue weighted by molar-refractivity contribution is 7.17. The Labute approximate surface area is 175 Å². The number of carbonyl (C=O) groups excluding carboxylic acids is 2. The first-order chi connectivity index (χ1) is 13.8. The molecule has 0 aliphatic heterocycles. The Morgan fingerprint density at radius 2 is 2.00 bits per heavy atom. The molecular weight excluding hydrogens is 410 g/mol. The van der Waals surface area contributed by atoms with Gasteiger partial charge in [0.15, 0.2) is 5.13 Å². The zero-order valence-corrected chi connectivity index (χ0v) is 17.9. The quantitative estimate of drug-likeness (QED) is 0.532. The highest BCUT2D eigenvalue weighted by Gasteiger charge is 2.13. The van der Waals surface area contributed by atoms with Crippen molar-refractivity contribution in [2.75, 3.05) is 5.32 Å². The van der Waals surface area contributed by atoms with Gasteiger partial charge in [-0.05, 0) is 32.4 Å². The smallest absolute Gasteiger partial charge is 0.254 e. The van der Waals surface area contributed by atoms with E-state index in [0.717, 1.165) is 15.4 Å². The average molecular weight is 432 g/mol. The van der Waals surface area contributed by atoms with E-state index in [1.807, 2.05) is 17.5 Å². The molecule has 0 saturated heterocycles. The minimum atomic E-state index is -0.206. The lowest BCUT2D eigenvalue weighted by Crippen LogP contribution is -2.20. The van der Waals surface area contributed by atoms with Crippen molar-refractivity contribution in [3.05, 3.63) is 49.8 Å². The molecule has 3 aromatic rings. The SMILES string of the molecule is CC(=O)NCc1ccc(-c2csc(NC(=O)CCc3c(C)nc(C)[nH]c3=O)n2)s1. The van der Waals surface area contributed by atoms with Crippen LogP contribution in [0.4, 0.5) is 5.13 Å². The van der Waals surface area contributed by atoms with Crippen molar-refractivity contribution in [3.8, 4) is 10.6 Å². The van der Waals surface area contributed by atoms with Crippen molar-refractivity contribution in [1.82, 2.24) is 20.3 Å². The average Bonchev–Trinajstić information content (AvgIpc) is 3.28. The Morgan fingerprint density at radius 3 is 2.72 bits per heavy atom. The van der Waals surface area contributed by atoms with E-state index in [1.54, 1.807) is 25.2 Å². The standard InChI is InChI=1S/C19H21N5O3S2/c1-10-14(18(27)22-11(2)21-10)5-7-17(26)24-19-23-15(9-28-19)16-6-4-13(29-16)8-20-12(3)25/h4,6,9H,5,7-8H2,1-3H3,(H,20,25)(H,21,22,27)(H,23,24,26). The Bertz CT molecular complexity index is 1100. The van der Waals surface area contributed by atoms with Crippen molar-refractivity contribution >= 4 is 39.6 Å². The van der Waals surface area contributed by atoms with Crippen LogP contribution >= 0.6 is 22.7 Å². The zero-order chi connectivity index (χ0) is 21.0. The summed E-state index contributed by atoms with van der Waals surface area (Å²) in [4.78, 5) is 48.6. The molecule has 0 saturated carbocycles. The number of aromatic nitrogens is 3. The van der Waals surface area contributed by atoms with Gasteiger partial charge in [0.1, 0.15) is 5.82 Å². The Kier molecular flexibility index (Phi) is 6.55. The molecule has 3 N–H and O–H groups in total. The second-order valence-corrected chi connectivity index (χ2v) is 8.50. The molecule has 0 aromatic carbocycles. The third kappa shape index (κ3) is 5.58. The normalized spacial score (nSPS) is 10.7. The molecule has 0 spiro atoms. The summed E-state index contributed by atoms with van der Waals surface area (Å²) >= 11 is 2.89. The molecule has 152 valence electrons. The third-order valence-electron chi connectivity index (χ3n) is 4.12. The van der Waals surface area contributed by atoms with Crippen LogP contribution in [0.2, 0.25) is 0 Å². The molecule has 0 aliphatic carbocycles. The van der Waals surface area contributed by atoms with Gasteiger partial charge in [-0.3, -0.25) is 14.4 Å². The van der Waals surface area contributed by atoms with E-state index in [2.05, 4.69) is 25.6 Å². The zero-order valence-electron chi connectivity index (χ0n) is 16.3. The number of carbonyl (C=O) groups is 2. The van der Waals surface area contributed by atoms with Gasteiger partial charge in [-0.25, -0.2) is 9.97 Å². The van der Waals surface area contributed by atoms with Gasteiger partial charge in [-0.1, -0.05) is 0 Å². The number of anilines is 1. The Hall–Kier alpha value is -2.85. The minimum Gasteiger partial charge on any atom is -0.351 e. The number of thiophene rings is 1. The van der Waals surface area contributed by atoms with Crippen LogP contribution < -0.4 is 16.2 Å². The highest BCUT2D eigenvalue weighted by Crippen LogP contribution is 2.30. The van der Waals surface area contributed by atoms with Gasteiger partial charge in [0.05, 0.1) is 17.1 Å². The molecule has 8 nitrogen and oxygen atoms in total. The summed E-state index contributed by atoms with van der Waals surface area (Å²) < 4.78 is 0. The first kappa shape index (κ1) is 20.9. The molecular formula is C19H21N5O3S2. The summed E-state index contributed by atoms with van der Waals surface area (Å²) in [6.45, 7) is 5.46. The molecule has 0 bridgehead atoms.